The molecule has 1 aliphatic carbocycles. The molecule has 4 rings (SSSR count). The van der Waals surface area contributed by atoms with Crippen molar-refractivity contribution in [1.82, 2.24) is 15.6 Å². The fourth-order valence-corrected chi connectivity index (χ4v) is 6.01. The van der Waals surface area contributed by atoms with Crippen LogP contribution in [0.2, 0.25) is 0 Å². The first-order chi connectivity index (χ1) is 18.7. The van der Waals surface area contributed by atoms with Gasteiger partial charge in [0.25, 0.3) is 0 Å². The van der Waals surface area contributed by atoms with E-state index < -0.39 is 23.6 Å². The number of halogens is 1. The smallest absolute Gasteiger partial charge is 0.407 e. The van der Waals surface area contributed by atoms with Crippen molar-refractivity contribution in [2.24, 2.45) is 29.1 Å². The van der Waals surface area contributed by atoms with Crippen molar-refractivity contribution in [2.75, 3.05) is 19.7 Å². The highest BCUT2D eigenvalue weighted by Gasteiger charge is 2.66. The van der Waals surface area contributed by atoms with Crippen LogP contribution in [-0.2, 0) is 19.1 Å². The number of ether oxygens (including phenoxy) is 2. The van der Waals surface area contributed by atoms with Crippen LogP contribution in [0.25, 0.3) is 17.2 Å². The Hall–Kier alpha value is -3.75. The van der Waals surface area contributed by atoms with Gasteiger partial charge in [0.1, 0.15) is 11.9 Å². The Kier molecular flexibility index (Phi) is 8.67. The highest BCUT2D eigenvalue weighted by molar-refractivity contribution is 6.04. The van der Waals surface area contributed by atoms with Crippen LogP contribution >= 0.6 is 0 Å². The molecule has 2 fully saturated rings. The number of alkyl carbamates (subject to hydrolysis) is 1. The second-order valence-electron chi connectivity index (χ2n) is 10.5. The molecule has 1 aromatic heterocycles. The number of rotatable bonds is 8. The number of allylic oxidation sites excluding steroid dienone is 1. The molecular weight excluding hydrogens is 501 g/mol. The monoisotopic (exact) mass is 537 g/mol. The van der Waals surface area contributed by atoms with Gasteiger partial charge in [-0.2, -0.15) is 0 Å². The lowest BCUT2D eigenvalue weighted by atomic mass is 9.54. The number of cyclic esters (lactones) is 1. The molecule has 4 unspecified atom stereocenters. The van der Waals surface area contributed by atoms with E-state index in [9.17, 15) is 18.8 Å². The van der Waals surface area contributed by atoms with Gasteiger partial charge in [-0.15, -0.1) is 0 Å². The number of nitrogens with one attached hydrogen (secondary N) is 2. The Bertz CT molecular complexity index is 1230. The molecule has 1 saturated heterocycles. The van der Waals surface area contributed by atoms with E-state index in [1.54, 1.807) is 19.2 Å². The molecule has 1 aromatic carbocycles. The Morgan fingerprint density at radius 2 is 1.92 bits per heavy atom. The standard InChI is InChI=1S/C30H36FN3O5/c1-5-38-29(37)33-14-13-32-27(35)30-16-18(2)19(3)25(26(30)20(4)39-28(30)36)12-11-24-10-9-22(17-34-24)21-7-6-8-23(31)15-21/h6-12,15,17-20,25-26H,5,13-14,16H2,1-4H3,(H,32,35)(H,33,37)/b12-11+/t18?,19?,20-,25?,26?,30-/m1/s1. The Balaban J connectivity index is 1.53. The second kappa shape index (κ2) is 12.0. The van der Waals surface area contributed by atoms with E-state index in [1.165, 1.54) is 12.1 Å². The SMILES string of the molecule is CCOC(=O)NCCNC(=O)[C@@]12CC(C)C(C)C(/C=C/c3ccc(-c4cccc(F)c4)cn3)C1[C@@H](C)OC2=O. The third-order valence-electron chi connectivity index (χ3n) is 8.09. The number of pyridine rings is 1. The summed E-state index contributed by atoms with van der Waals surface area (Å²) >= 11 is 0. The molecule has 9 heteroatoms. The minimum atomic E-state index is -1.31. The first-order valence-corrected chi connectivity index (χ1v) is 13.5. The highest BCUT2D eigenvalue weighted by Crippen LogP contribution is 2.56. The molecule has 2 heterocycles. The first-order valence-electron chi connectivity index (χ1n) is 13.5. The lowest BCUT2D eigenvalue weighted by Crippen LogP contribution is -2.56. The third-order valence-corrected chi connectivity index (χ3v) is 8.09. The molecule has 0 bridgehead atoms. The van der Waals surface area contributed by atoms with Crippen molar-refractivity contribution in [2.45, 2.75) is 40.2 Å². The first kappa shape index (κ1) is 28.3. The molecule has 0 radical (unpaired) electrons. The van der Waals surface area contributed by atoms with E-state index in [4.69, 9.17) is 9.47 Å². The van der Waals surface area contributed by atoms with Crippen LogP contribution < -0.4 is 10.6 Å². The number of esters is 1. The number of carbonyl (C=O) groups is 3. The largest absolute Gasteiger partial charge is 0.461 e. The van der Waals surface area contributed by atoms with Gasteiger partial charge in [0.05, 0.1) is 12.3 Å². The van der Waals surface area contributed by atoms with Gasteiger partial charge in [-0.05, 0) is 67.9 Å². The van der Waals surface area contributed by atoms with Gasteiger partial charge in [0.15, 0.2) is 5.41 Å². The molecule has 1 saturated carbocycles. The minimum absolute atomic E-state index is 0.0838. The number of benzene rings is 1. The predicted molar refractivity (Wildman–Crippen MR) is 145 cm³/mol. The van der Waals surface area contributed by atoms with Crippen LogP contribution in [-0.4, -0.2) is 48.8 Å². The summed E-state index contributed by atoms with van der Waals surface area (Å²) in [7, 11) is 0. The van der Waals surface area contributed by atoms with Gasteiger partial charge in [0.2, 0.25) is 5.91 Å². The van der Waals surface area contributed by atoms with Gasteiger partial charge in [-0.1, -0.05) is 38.1 Å². The third kappa shape index (κ3) is 5.82. The zero-order chi connectivity index (χ0) is 28.2. The summed E-state index contributed by atoms with van der Waals surface area (Å²) in [5, 5.41) is 5.42. The lowest BCUT2D eigenvalue weighted by Gasteiger charge is -2.46. The molecule has 0 spiro atoms. The maximum absolute atomic E-state index is 13.6. The zero-order valence-corrected chi connectivity index (χ0v) is 22.8. The van der Waals surface area contributed by atoms with Crippen LogP contribution in [0.15, 0.2) is 48.7 Å². The Morgan fingerprint density at radius 3 is 2.62 bits per heavy atom. The summed E-state index contributed by atoms with van der Waals surface area (Å²) in [5.41, 5.74) is 0.969. The molecule has 2 N–H and O–H groups in total. The number of amides is 2. The van der Waals surface area contributed by atoms with Crippen LogP contribution in [0, 0.1) is 34.9 Å². The lowest BCUT2D eigenvalue weighted by molar-refractivity contribution is -0.157. The minimum Gasteiger partial charge on any atom is -0.461 e. The van der Waals surface area contributed by atoms with Gasteiger partial charge in [-0.3, -0.25) is 14.6 Å². The van der Waals surface area contributed by atoms with Crippen LogP contribution in [0.3, 0.4) is 0 Å². The fourth-order valence-electron chi connectivity index (χ4n) is 6.01. The van der Waals surface area contributed by atoms with Gasteiger partial charge < -0.3 is 20.1 Å². The number of hydrogen-bond donors (Lipinski definition) is 2. The summed E-state index contributed by atoms with van der Waals surface area (Å²) in [4.78, 5) is 42.9. The van der Waals surface area contributed by atoms with Gasteiger partial charge in [-0.25, -0.2) is 9.18 Å². The van der Waals surface area contributed by atoms with Crippen molar-refractivity contribution in [3.05, 3.63) is 60.2 Å². The number of fused-ring (bicyclic) bond motifs is 1. The number of carbonyl (C=O) groups excluding carboxylic acids is 3. The highest BCUT2D eigenvalue weighted by atomic mass is 19.1. The average molecular weight is 538 g/mol. The van der Waals surface area contributed by atoms with Crippen LogP contribution in [0.5, 0.6) is 0 Å². The molecule has 2 amide bonds. The summed E-state index contributed by atoms with van der Waals surface area (Å²) < 4.78 is 24.1. The van der Waals surface area contributed by atoms with Crippen LogP contribution in [0.1, 0.15) is 39.8 Å². The molecule has 6 atom stereocenters. The zero-order valence-electron chi connectivity index (χ0n) is 22.8. The molecule has 39 heavy (non-hydrogen) atoms. The van der Waals surface area contributed by atoms with Gasteiger partial charge >= 0.3 is 12.1 Å². The maximum atomic E-state index is 13.6. The fraction of sp³-hybridized carbons (Fsp3) is 0.467. The normalized spacial score (nSPS) is 28.0. The molecule has 8 nitrogen and oxygen atoms in total. The Morgan fingerprint density at radius 1 is 1.15 bits per heavy atom. The van der Waals surface area contributed by atoms with E-state index in [0.717, 1.165) is 16.8 Å². The van der Waals surface area contributed by atoms with Crippen molar-refractivity contribution >= 4 is 24.0 Å². The molecule has 208 valence electrons. The molecule has 2 aromatic rings. The van der Waals surface area contributed by atoms with Crippen molar-refractivity contribution in [1.29, 1.82) is 0 Å². The summed E-state index contributed by atoms with van der Waals surface area (Å²) in [6, 6.07) is 10.1. The maximum Gasteiger partial charge on any atom is 0.407 e. The van der Waals surface area contributed by atoms with E-state index >= 15 is 0 Å². The van der Waals surface area contributed by atoms with Gasteiger partial charge in [0, 0.05) is 30.8 Å². The van der Waals surface area contributed by atoms with Crippen molar-refractivity contribution in [3.63, 3.8) is 0 Å². The van der Waals surface area contributed by atoms with E-state index in [-0.39, 0.29) is 55.1 Å². The average Bonchev–Trinajstić information content (AvgIpc) is 3.17. The topological polar surface area (TPSA) is 107 Å². The quantitative estimate of drug-likeness (QED) is 0.290. The van der Waals surface area contributed by atoms with E-state index in [0.29, 0.717) is 6.42 Å². The number of nitrogens with zero attached hydrogens (tertiary/aromatic N) is 1. The second-order valence-corrected chi connectivity index (χ2v) is 10.5. The van der Waals surface area contributed by atoms with E-state index in [2.05, 4.69) is 29.5 Å². The van der Waals surface area contributed by atoms with Crippen LogP contribution in [0.4, 0.5) is 9.18 Å². The Labute approximate surface area is 228 Å². The van der Waals surface area contributed by atoms with Crippen molar-refractivity contribution < 1.29 is 28.2 Å². The van der Waals surface area contributed by atoms with Crippen molar-refractivity contribution in [3.8, 4) is 11.1 Å². The van der Waals surface area contributed by atoms with E-state index in [1.807, 2.05) is 37.3 Å². The predicted octanol–water partition coefficient (Wildman–Crippen LogP) is 4.60. The number of aromatic nitrogens is 1. The summed E-state index contributed by atoms with van der Waals surface area (Å²) in [6.07, 6.45) is 5.06. The molecule has 2 aliphatic rings. The molecular formula is C30H36FN3O5. The summed E-state index contributed by atoms with van der Waals surface area (Å²) in [6.45, 7) is 8.35. The number of hydrogen-bond acceptors (Lipinski definition) is 6. The molecule has 1 aliphatic heterocycles. The summed E-state index contributed by atoms with van der Waals surface area (Å²) in [5.74, 6) is -1.35.